The van der Waals surface area contributed by atoms with Gasteiger partial charge in [0.2, 0.25) is 0 Å². The van der Waals surface area contributed by atoms with Gasteiger partial charge in [-0.05, 0) is 31.0 Å². The van der Waals surface area contributed by atoms with Crippen molar-refractivity contribution in [2.24, 2.45) is 5.92 Å². The lowest BCUT2D eigenvalue weighted by atomic mass is 10.1. The number of amides is 2. The quantitative estimate of drug-likeness (QED) is 0.541. The highest BCUT2D eigenvalue weighted by Gasteiger charge is 2.18. The van der Waals surface area contributed by atoms with Crippen LogP contribution in [0.25, 0.3) is 10.9 Å². The monoisotopic (exact) mass is 421 g/mol. The summed E-state index contributed by atoms with van der Waals surface area (Å²) in [6.07, 6.45) is 1.74. The minimum absolute atomic E-state index is 0.269. The van der Waals surface area contributed by atoms with Crippen LogP contribution in [0.1, 0.15) is 41.5 Å². The third-order valence-corrected chi connectivity index (χ3v) is 4.80. The standard InChI is InChI=1S/C24H27N3O4/c1-4-27-14-19(17-9-6-8-12-21(17)27)24(30)31-15-22(28)26-20-11-7-5-10-18(20)23(29)25-13-16(2)3/h5-12,14,16H,4,13,15H2,1-3H3,(H,25,29)(H,26,28). The van der Waals surface area contributed by atoms with Crippen LogP contribution in [0, 0.1) is 5.92 Å². The largest absolute Gasteiger partial charge is 0.452 e. The molecule has 0 saturated carbocycles. The predicted octanol–water partition coefficient (Wildman–Crippen LogP) is 3.84. The van der Waals surface area contributed by atoms with E-state index in [1.807, 2.05) is 49.6 Å². The summed E-state index contributed by atoms with van der Waals surface area (Å²) in [7, 11) is 0. The van der Waals surface area contributed by atoms with Gasteiger partial charge in [0.25, 0.3) is 11.8 Å². The Morgan fingerprint density at radius 2 is 1.71 bits per heavy atom. The van der Waals surface area contributed by atoms with E-state index in [1.54, 1.807) is 30.5 Å². The van der Waals surface area contributed by atoms with E-state index in [1.165, 1.54) is 0 Å². The molecule has 3 aromatic rings. The van der Waals surface area contributed by atoms with Gasteiger partial charge in [-0.15, -0.1) is 0 Å². The highest BCUT2D eigenvalue weighted by atomic mass is 16.5. The van der Waals surface area contributed by atoms with Gasteiger partial charge < -0.3 is 19.9 Å². The van der Waals surface area contributed by atoms with Crippen molar-refractivity contribution in [2.45, 2.75) is 27.3 Å². The molecule has 2 amide bonds. The molecule has 0 fully saturated rings. The number of esters is 1. The van der Waals surface area contributed by atoms with E-state index in [9.17, 15) is 14.4 Å². The number of fused-ring (bicyclic) bond motifs is 1. The average Bonchev–Trinajstić information content (AvgIpc) is 3.15. The summed E-state index contributed by atoms with van der Waals surface area (Å²) in [5.74, 6) is -1.05. The zero-order chi connectivity index (χ0) is 22.4. The number of aromatic nitrogens is 1. The normalized spacial score (nSPS) is 10.8. The zero-order valence-corrected chi connectivity index (χ0v) is 18.0. The Kier molecular flexibility index (Phi) is 7.07. The number of carbonyl (C=O) groups excluding carboxylic acids is 3. The second-order valence-electron chi connectivity index (χ2n) is 7.62. The minimum atomic E-state index is -0.568. The molecule has 1 aromatic heterocycles. The predicted molar refractivity (Wildman–Crippen MR) is 120 cm³/mol. The maximum atomic E-state index is 12.6. The van der Waals surface area contributed by atoms with Crippen LogP contribution in [0.3, 0.4) is 0 Å². The van der Waals surface area contributed by atoms with Crippen molar-refractivity contribution in [1.82, 2.24) is 9.88 Å². The fourth-order valence-corrected chi connectivity index (χ4v) is 3.25. The number of para-hydroxylation sites is 2. The highest BCUT2D eigenvalue weighted by molar-refractivity contribution is 6.06. The van der Waals surface area contributed by atoms with Crippen LogP contribution in [0.15, 0.2) is 54.7 Å². The highest BCUT2D eigenvalue weighted by Crippen LogP contribution is 2.22. The molecule has 7 nitrogen and oxygen atoms in total. The smallest absolute Gasteiger partial charge is 0.340 e. The van der Waals surface area contributed by atoms with Crippen LogP contribution in [0.5, 0.6) is 0 Å². The number of hydrogen-bond acceptors (Lipinski definition) is 4. The van der Waals surface area contributed by atoms with Crippen LogP contribution < -0.4 is 10.6 Å². The molecule has 0 spiro atoms. The van der Waals surface area contributed by atoms with Gasteiger partial charge in [0.15, 0.2) is 6.61 Å². The molecule has 0 bridgehead atoms. The third-order valence-electron chi connectivity index (χ3n) is 4.80. The van der Waals surface area contributed by atoms with E-state index >= 15 is 0 Å². The number of nitrogens with zero attached hydrogens (tertiary/aromatic N) is 1. The van der Waals surface area contributed by atoms with Gasteiger partial charge in [-0.1, -0.05) is 44.2 Å². The molecule has 3 rings (SSSR count). The topological polar surface area (TPSA) is 89.4 Å². The summed E-state index contributed by atoms with van der Waals surface area (Å²) < 4.78 is 7.20. The van der Waals surface area contributed by atoms with Gasteiger partial charge in [-0.3, -0.25) is 9.59 Å². The van der Waals surface area contributed by atoms with Gasteiger partial charge in [-0.2, -0.15) is 0 Å². The van der Waals surface area contributed by atoms with Crippen molar-refractivity contribution >= 4 is 34.4 Å². The van der Waals surface area contributed by atoms with Crippen molar-refractivity contribution in [2.75, 3.05) is 18.5 Å². The van der Waals surface area contributed by atoms with Gasteiger partial charge >= 0.3 is 5.97 Å². The van der Waals surface area contributed by atoms with Crippen LogP contribution in [0.2, 0.25) is 0 Å². The van der Waals surface area contributed by atoms with Crippen LogP contribution in [-0.2, 0) is 16.1 Å². The third kappa shape index (κ3) is 5.31. The first kappa shape index (κ1) is 22.1. The Balaban J connectivity index is 1.65. The first-order chi connectivity index (χ1) is 14.9. The zero-order valence-electron chi connectivity index (χ0n) is 18.0. The first-order valence-electron chi connectivity index (χ1n) is 10.3. The van der Waals surface area contributed by atoms with Crippen LogP contribution in [0.4, 0.5) is 5.69 Å². The van der Waals surface area contributed by atoms with Crippen molar-refractivity contribution in [3.8, 4) is 0 Å². The fraction of sp³-hybridized carbons (Fsp3) is 0.292. The Bertz CT molecular complexity index is 1100. The number of ether oxygens (including phenoxy) is 1. The lowest BCUT2D eigenvalue weighted by Gasteiger charge is -2.12. The molecule has 0 unspecified atom stereocenters. The molecule has 0 aliphatic carbocycles. The molecule has 2 N–H and O–H groups in total. The van der Waals surface area contributed by atoms with Crippen molar-refractivity contribution in [3.63, 3.8) is 0 Å². The second-order valence-corrected chi connectivity index (χ2v) is 7.62. The summed E-state index contributed by atoms with van der Waals surface area (Å²) in [5.41, 5.74) is 2.07. The molecule has 7 heteroatoms. The average molecular weight is 421 g/mol. The minimum Gasteiger partial charge on any atom is -0.452 e. The Morgan fingerprint density at radius 3 is 2.45 bits per heavy atom. The molecular weight excluding hydrogens is 394 g/mol. The lowest BCUT2D eigenvalue weighted by molar-refractivity contribution is -0.119. The molecular formula is C24H27N3O4. The Morgan fingerprint density at radius 1 is 1.00 bits per heavy atom. The molecule has 162 valence electrons. The summed E-state index contributed by atoms with van der Waals surface area (Å²) in [4.78, 5) is 37.4. The van der Waals surface area contributed by atoms with Crippen molar-refractivity contribution in [3.05, 3.63) is 65.9 Å². The number of benzene rings is 2. The summed E-state index contributed by atoms with van der Waals surface area (Å²) in [6.45, 7) is 6.78. The van der Waals surface area contributed by atoms with E-state index in [0.717, 1.165) is 10.9 Å². The molecule has 0 radical (unpaired) electrons. The van der Waals surface area contributed by atoms with Gasteiger partial charge in [0.05, 0.1) is 16.8 Å². The number of nitrogens with one attached hydrogen (secondary N) is 2. The molecule has 0 saturated heterocycles. The van der Waals surface area contributed by atoms with Gasteiger partial charge in [0, 0.05) is 30.2 Å². The summed E-state index contributed by atoms with van der Waals surface area (Å²) in [5, 5.41) is 6.27. The maximum Gasteiger partial charge on any atom is 0.340 e. The fourth-order valence-electron chi connectivity index (χ4n) is 3.25. The van der Waals surface area contributed by atoms with Crippen molar-refractivity contribution < 1.29 is 19.1 Å². The molecule has 31 heavy (non-hydrogen) atoms. The number of carbonyl (C=O) groups is 3. The molecule has 1 heterocycles. The molecule has 0 aliphatic rings. The number of rotatable bonds is 8. The molecule has 0 aliphatic heterocycles. The van der Waals surface area contributed by atoms with E-state index in [4.69, 9.17) is 4.74 Å². The van der Waals surface area contributed by atoms with Gasteiger partial charge in [-0.25, -0.2) is 4.79 Å². The first-order valence-corrected chi connectivity index (χ1v) is 10.3. The number of aryl methyl sites for hydroxylation is 1. The number of hydrogen-bond donors (Lipinski definition) is 2. The summed E-state index contributed by atoms with van der Waals surface area (Å²) in [6, 6.07) is 14.3. The second kappa shape index (κ2) is 9.93. The van der Waals surface area contributed by atoms with Crippen LogP contribution >= 0.6 is 0 Å². The Labute approximate surface area is 181 Å². The Hall–Kier alpha value is -3.61. The lowest BCUT2D eigenvalue weighted by Crippen LogP contribution is -2.29. The maximum absolute atomic E-state index is 12.6. The van der Waals surface area contributed by atoms with Crippen LogP contribution in [-0.4, -0.2) is 35.5 Å². The van der Waals surface area contributed by atoms with Gasteiger partial charge in [0.1, 0.15) is 0 Å². The van der Waals surface area contributed by atoms with Crippen molar-refractivity contribution in [1.29, 1.82) is 0 Å². The molecule has 0 atom stereocenters. The van der Waals surface area contributed by atoms with E-state index in [0.29, 0.717) is 35.8 Å². The van der Waals surface area contributed by atoms with E-state index < -0.39 is 18.5 Å². The van der Waals surface area contributed by atoms with E-state index in [-0.39, 0.29) is 5.91 Å². The SMILES string of the molecule is CCn1cc(C(=O)OCC(=O)Nc2ccccc2C(=O)NCC(C)C)c2ccccc21. The summed E-state index contributed by atoms with van der Waals surface area (Å²) >= 11 is 0. The molecule has 2 aromatic carbocycles. The number of anilines is 1. The van der Waals surface area contributed by atoms with E-state index in [2.05, 4.69) is 10.6 Å².